The Morgan fingerprint density at radius 1 is 1.07 bits per heavy atom. The van der Waals surface area contributed by atoms with Gasteiger partial charge in [0.25, 0.3) is 0 Å². The van der Waals surface area contributed by atoms with E-state index >= 15 is 0 Å². The molecule has 2 aromatic carbocycles. The first kappa shape index (κ1) is 19.3. The lowest BCUT2D eigenvalue weighted by Gasteiger charge is -2.09. The van der Waals surface area contributed by atoms with Gasteiger partial charge in [0.2, 0.25) is 0 Å². The van der Waals surface area contributed by atoms with Crippen LogP contribution >= 0.6 is 11.8 Å². The Balaban J connectivity index is 1.71. The minimum absolute atomic E-state index is 0.0844. The molecule has 0 N–H and O–H groups in total. The van der Waals surface area contributed by atoms with Gasteiger partial charge in [-0.1, -0.05) is 55.9 Å². The highest BCUT2D eigenvalue weighted by Crippen LogP contribution is 2.29. The molecule has 2 aromatic heterocycles. The number of aromatic nitrogens is 4. The Bertz CT molecular complexity index is 1170. The van der Waals surface area contributed by atoms with Crippen molar-refractivity contribution in [3.63, 3.8) is 0 Å². The monoisotopic (exact) mass is 406 g/mol. The number of ketones is 1. The van der Waals surface area contributed by atoms with Crippen molar-refractivity contribution in [1.82, 2.24) is 19.7 Å². The van der Waals surface area contributed by atoms with E-state index in [1.165, 1.54) is 23.9 Å². The third kappa shape index (κ3) is 3.91. The topological polar surface area (TPSA) is 60.7 Å². The van der Waals surface area contributed by atoms with Crippen molar-refractivity contribution in [3.05, 3.63) is 78.0 Å². The molecular weight excluding hydrogens is 387 g/mol. The van der Waals surface area contributed by atoms with Crippen LogP contribution in [0.5, 0.6) is 0 Å². The number of thioether (sulfide) groups is 1. The predicted molar refractivity (Wildman–Crippen MR) is 112 cm³/mol. The Morgan fingerprint density at radius 2 is 1.79 bits per heavy atom. The van der Waals surface area contributed by atoms with Crippen molar-refractivity contribution in [3.8, 4) is 5.69 Å². The van der Waals surface area contributed by atoms with E-state index in [-0.39, 0.29) is 23.0 Å². The number of benzene rings is 2. The quantitative estimate of drug-likeness (QED) is 0.255. The number of carbonyl (C=O) groups is 1. The maximum Gasteiger partial charge on any atom is 0.176 e. The van der Waals surface area contributed by atoms with Crippen LogP contribution < -0.4 is 0 Å². The molecule has 4 rings (SSSR count). The van der Waals surface area contributed by atoms with Crippen LogP contribution in [0.2, 0.25) is 0 Å². The Morgan fingerprint density at radius 3 is 2.52 bits per heavy atom. The van der Waals surface area contributed by atoms with Crippen LogP contribution in [-0.2, 0) is 0 Å². The molecule has 0 bridgehead atoms. The zero-order valence-corrected chi connectivity index (χ0v) is 16.9. The molecule has 0 aliphatic carbocycles. The molecule has 0 atom stereocenters. The summed E-state index contributed by atoms with van der Waals surface area (Å²) in [5.41, 5.74) is 1.68. The first-order chi connectivity index (χ1) is 14.0. The molecule has 0 saturated carbocycles. The van der Waals surface area contributed by atoms with Gasteiger partial charge in [-0.3, -0.25) is 4.79 Å². The average Bonchev–Trinajstić information content (AvgIpc) is 3.17. The molecule has 7 heteroatoms. The first-order valence-electron chi connectivity index (χ1n) is 9.26. The maximum absolute atomic E-state index is 13.9. The largest absolute Gasteiger partial charge is 0.293 e. The minimum Gasteiger partial charge on any atom is -0.293 e. The van der Waals surface area contributed by atoms with E-state index in [0.717, 1.165) is 11.1 Å². The lowest BCUT2D eigenvalue weighted by atomic mass is 10.1. The molecule has 0 aliphatic rings. The third-order valence-electron chi connectivity index (χ3n) is 4.44. The van der Waals surface area contributed by atoms with Crippen LogP contribution in [0.3, 0.4) is 0 Å². The fourth-order valence-corrected chi connectivity index (χ4v) is 3.80. The molecule has 0 unspecified atom stereocenters. The van der Waals surface area contributed by atoms with Gasteiger partial charge in [0.1, 0.15) is 16.7 Å². The van der Waals surface area contributed by atoms with Gasteiger partial charge < -0.3 is 0 Å². The summed E-state index contributed by atoms with van der Waals surface area (Å²) in [6, 6.07) is 15.8. The van der Waals surface area contributed by atoms with Crippen molar-refractivity contribution in [2.45, 2.75) is 24.8 Å². The van der Waals surface area contributed by atoms with Crippen LogP contribution in [0.25, 0.3) is 16.7 Å². The molecule has 29 heavy (non-hydrogen) atoms. The molecule has 0 fully saturated rings. The van der Waals surface area contributed by atoms with Gasteiger partial charge in [-0.25, -0.2) is 19.0 Å². The standard InChI is InChI=1S/C22H19FN4OS/c1-14(2)20-25-21-17(12-24-27(21)15-8-4-3-5-9-15)22(26-20)29-13-19(28)16-10-6-7-11-18(16)23/h3-12,14H,13H2,1-2H3. The lowest BCUT2D eigenvalue weighted by molar-refractivity contribution is 0.101. The van der Waals surface area contributed by atoms with Crippen LogP contribution in [0.15, 0.2) is 65.8 Å². The van der Waals surface area contributed by atoms with E-state index in [1.54, 1.807) is 23.0 Å². The second-order valence-corrected chi connectivity index (χ2v) is 7.83. The van der Waals surface area contributed by atoms with Crippen molar-refractivity contribution in [1.29, 1.82) is 0 Å². The van der Waals surface area contributed by atoms with Crippen LogP contribution in [0, 0.1) is 5.82 Å². The number of carbonyl (C=O) groups excluding carboxylic acids is 1. The number of rotatable bonds is 6. The van der Waals surface area contributed by atoms with Gasteiger partial charge in [0, 0.05) is 5.92 Å². The molecule has 2 heterocycles. The van der Waals surface area contributed by atoms with Gasteiger partial charge in [-0.2, -0.15) is 5.10 Å². The number of hydrogen-bond acceptors (Lipinski definition) is 5. The normalized spacial score (nSPS) is 11.3. The van der Waals surface area contributed by atoms with E-state index in [0.29, 0.717) is 16.5 Å². The Hall–Kier alpha value is -3.06. The number of nitrogens with zero attached hydrogens (tertiary/aromatic N) is 4. The maximum atomic E-state index is 13.9. The number of para-hydroxylation sites is 1. The van der Waals surface area contributed by atoms with Gasteiger partial charge in [-0.15, -0.1) is 0 Å². The van der Waals surface area contributed by atoms with Gasteiger partial charge in [0.15, 0.2) is 11.4 Å². The number of Topliss-reactive ketones (excluding diaryl/α,β-unsaturated/α-hetero) is 1. The molecule has 146 valence electrons. The van der Waals surface area contributed by atoms with Crippen molar-refractivity contribution in [2.24, 2.45) is 0 Å². The summed E-state index contributed by atoms with van der Waals surface area (Å²) < 4.78 is 15.7. The lowest BCUT2D eigenvalue weighted by Crippen LogP contribution is -2.07. The predicted octanol–water partition coefficient (Wildman–Crippen LogP) is 5.05. The van der Waals surface area contributed by atoms with Gasteiger partial charge in [-0.05, 0) is 24.3 Å². The number of halogens is 1. The smallest absolute Gasteiger partial charge is 0.176 e. The summed E-state index contributed by atoms with van der Waals surface area (Å²) in [5, 5.41) is 5.92. The van der Waals surface area contributed by atoms with E-state index in [9.17, 15) is 9.18 Å². The van der Waals surface area contributed by atoms with Crippen molar-refractivity contribution in [2.75, 3.05) is 5.75 Å². The molecule has 0 saturated heterocycles. The van der Waals surface area contributed by atoms with Crippen LogP contribution in [0.1, 0.15) is 35.9 Å². The zero-order valence-electron chi connectivity index (χ0n) is 16.0. The van der Waals surface area contributed by atoms with Gasteiger partial charge in [0.05, 0.1) is 28.6 Å². The van der Waals surface area contributed by atoms with Crippen molar-refractivity contribution >= 4 is 28.6 Å². The average molecular weight is 406 g/mol. The molecular formula is C22H19FN4OS. The second-order valence-electron chi connectivity index (χ2n) is 6.86. The SMILES string of the molecule is CC(C)c1nc(SCC(=O)c2ccccc2F)c2cnn(-c3ccccc3)c2n1. The van der Waals surface area contributed by atoms with E-state index in [2.05, 4.69) is 10.1 Å². The molecule has 0 aliphatic heterocycles. The second kappa shape index (κ2) is 8.13. The molecule has 5 nitrogen and oxygen atoms in total. The summed E-state index contributed by atoms with van der Waals surface area (Å²) in [6.45, 7) is 4.03. The molecule has 0 spiro atoms. The molecule has 4 aromatic rings. The summed E-state index contributed by atoms with van der Waals surface area (Å²) in [6.07, 6.45) is 1.71. The summed E-state index contributed by atoms with van der Waals surface area (Å²) in [7, 11) is 0. The highest BCUT2D eigenvalue weighted by atomic mass is 32.2. The summed E-state index contributed by atoms with van der Waals surface area (Å²) in [5.74, 6) is 0.0875. The highest BCUT2D eigenvalue weighted by molar-refractivity contribution is 8.00. The highest BCUT2D eigenvalue weighted by Gasteiger charge is 2.18. The Kier molecular flexibility index (Phi) is 5.40. The number of fused-ring (bicyclic) bond motifs is 1. The van der Waals surface area contributed by atoms with Crippen LogP contribution in [0.4, 0.5) is 4.39 Å². The fourth-order valence-electron chi connectivity index (χ4n) is 2.92. The fraction of sp³-hybridized carbons (Fsp3) is 0.182. The molecule has 0 amide bonds. The minimum atomic E-state index is -0.509. The zero-order chi connectivity index (χ0) is 20.4. The summed E-state index contributed by atoms with van der Waals surface area (Å²) >= 11 is 1.28. The number of hydrogen-bond donors (Lipinski definition) is 0. The third-order valence-corrected chi connectivity index (χ3v) is 5.43. The van der Waals surface area contributed by atoms with E-state index in [1.807, 2.05) is 44.2 Å². The van der Waals surface area contributed by atoms with E-state index < -0.39 is 5.82 Å². The van der Waals surface area contributed by atoms with Gasteiger partial charge >= 0.3 is 0 Å². The summed E-state index contributed by atoms with van der Waals surface area (Å²) in [4.78, 5) is 21.8. The van der Waals surface area contributed by atoms with E-state index in [4.69, 9.17) is 4.98 Å². The van der Waals surface area contributed by atoms with Crippen LogP contribution in [-0.4, -0.2) is 31.3 Å². The van der Waals surface area contributed by atoms with Crippen molar-refractivity contribution < 1.29 is 9.18 Å². The molecule has 0 radical (unpaired) electrons. The Labute approximate surface area is 172 Å². The first-order valence-corrected chi connectivity index (χ1v) is 10.2.